The van der Waals surface area contributed by atoms with E-state index in [0.29, 0.717) is 32.8 Å². The molecule has 1 aliphatic heterocycles. The fourth-order valence-electron chi connectivity index (χ4n) is 3.18. The van der Waals surface area contributed by atoms with Gasteiger partial charge in [-0.2, -0.15) is 0 Å². The third kappa shape index (κ3) is 3.07. The van der Waals surface area contributed by atoms with Crippen molar-refractivity contribution in [2.24, 2.45) is 0 Å². The molecule has 1 aromatic heterocycles. The molecule has 0 saturated carbocycles. The lowest BCUT2D eigenvalue weighted by Crippen LogP contribution is -2.51. The standard InChI is InChI=1S/C17H21N3O4/c1-2-24-17(23)20-9-7-19(8-10-20)15(16(21)22)13-11-18-14-6-4-3-5-12(13)14/h3-6,11,15,18H,2,7-10H2,1H3,(H,21,22)/t15-/m0/s1. The van der Waals surface area contributed by atoms with Gasteiger partial charge in [-0.1, -0.05) is 18.2 Å². The average Bonchev–Trinajstić information content (AvgIpc) is 3.00. The minimum atomic E-state index is -0.885. The molecule has 7 nitrogen and oxygen atoms in total. The van der Waals surface area contributed by atoms with Crippen LogP contribution in [-0.4, -0.2) is 64.7 Å². The first-order valence-corrected chi connectivity index (χ1v) is 8.06. The fourth-order valence-corrected chi connectivity index (χ4v) is 3.18. The molecule has 7 heteroatoms. The van der Waals surface area contributed by atoms with Gasteiger partial charge in [0.15, 0.2) is 0 Å². The van der Waals surface area contributed by atoms with Gasteiger partial charge in [-0.25, -0.2) is 4.79 Å². The highest BCUT2D eigenvalue weighted by atomic mass is 16.6. The molecule has 128 valence electrons. The Labute approximate surface area is 139 Å². The van der Waals surface area contributed by atoms with Crippen LogP contribution in [0.4, 0.5) is 4.79 Å². The van der Waals surface area contributed by atoms with Crippen molar-refractivity contribution in [3.63, 3.8) is 0 Å². The molecule has 2 aromatic rings. The second-order valence-corrected chi connectivity index (χ2v) is 5.75. The summed E-state index contributed by atoms with van der Waals surface area (Å²) >= 11 is 0. The van der Waals surface area contributed by atoms with E-state index in [9.17, 15) is 14.7 Å². The van der Waals surface area contributed by atoms with Crippen LogP contribution < -0.4 is 0 Å². The molecular weight excluding hydrogens is 310 g/mol. The van der Waals surface area contributed by atoms with E-state index in [0.717, 1.165) is 16.5 Å². The van der Waals surface area contributed by atoms with Crippen LogP contribution >= 0.6 is 0 Å². The van der Waals surface area contributed by atoms with E-state index in [1.807, 2.05) is 29.2 Å². The van der Waals surface area contributed by atoms with Crippen molar-refractivity contribution in [3.8, 4) is 0 Å². The van der Waals surface area contributed by atoms with Crippen molar-refractivity contribution in [1.82, 2.24) is 14.8 Å². The third-order valence-corrected chi connectivity index (χ3v) is 4.36. The second-order valence-electron chi connectivity index (χ2n) is 5.75. The lowest BCUT2D eigenvalue weighted by atomic mass is 10.0. The molecule has 1 amide bonds. The maximum Gasteiger partial charge on any atom is 0.409 e. The number of nitrogens with one attached hydrogen (secondary N) is 1. The Balaban J connectivity index is 1.78. The Morgan fingerprint density at radius 3 is 2.62 bits per heavy atom. The number of hydrogen-bond donors (Lipinski definition) is 2. The molecule has 24 heavy (non-hydrogen) atoms. The minimum absolute atomic E-state index is 0.337. The van der Waals surface area contributed by atoms with Crippen LogP contribution in [0.15, 0.2) is 30.5 Å². The number of carbonyl (C=O) groups excluding carboxylic acids is 1. The normalized spacial score (nSPS) is 17.0. The summed E-state index contributed by atoms with van der Waals surface area (Å²) in [5, 5.41) is 10.7. The maximum absolute atomic E-state index is 11.9. The van der Waals surface area contributed by atoms with Gasteiger partial charge in [-0.05, 0) is 13.0 Å². The van der Waals surface area contributed by atoms with E-state index in [2.05, 4.69) is 4.98 Å². The highest BCUT2D eigenvalue weighted by Crippen LogP contribution is 2.29. The first-order chi connectivity index (χ1) is 11.6. The molecular formula is C17H21N3O4. The van der Waals surface area contributed by atoms with Crippen molar-refractivity contribution in [3.05, 3.63) is 36.0 Å². The van der Waals surface area contributed by atoms with Crippen LogP contribution in [0.1, 0.15) is 18.5 Å². The summed E-state index contributed by atoms with van der Waals surface area (Å²) in [5.74, 6) is -0.885. The van der Waals surface area contributed by atoms with Crippen LogP contribution in [0.5, 0.6) is 0 Å². The Hall–Kier alpha value is -2.54. The van der Waals surface area contributed by atoms with Crippen LogP contribution in [0, 0.1) is 0 Å². The first-order valence-electron chi connectivity index (χ1n) is 8.06. The van der Waals surface area contributed by atoms with Gasteiger partial charge in [0, 0.05) is 48.8 Å². The zero-order chi connectivity index (χ0) is 17.1. The summed E-state index contributed by atoms with van der Waals surface area (Å²) in [5.41, 5.74) is 1.67. The summed E-state index contributed by atoms with van der Waals surface area (Å²) in [6, 6.07) is 6.93. The van der Waals surface area contributed by atoms with Crippen molar-refractivity contribution in [1.29, 1.82) is 0 Å². The fraction of sp³-hybridized carbons (Fsp3) is 0.412. The molecule has 2 N–H and O–H groups in total. The summed E-state index contributed by atoms with van der Waals surface area (Å²) in [7, 11) is 0. The predicted octanol–water partition coefficient (Wildman–Crippen LogP) is 2.07. The number of nitrogens with zero attached hydrogens (tertiary/aromatic N) is 2. The summed E-state index contributed by atoms with van der Waals surface area (Å²) in [4.78, 5) is 30.3. The maximum atomic E-state index is 11.9. The molecule has 0 unspecified atom stereocenters. The van der Waals surface area contributed by atoms with Gasteiger partial charge in [-0.15, -0.1) is 0 Å². The number of piperazine rings is 1. The molecule has 0 radical (unpaired) electrons. The molecule has 1 fully saturated rings. The molecule has 0 aliphatic carbocycles. The number of carboxylic acids is 1. The Morgan fingerprint density at radius 2 is 1.96 bits per heavy atom. The van der Waals surface area contributed by atoms with Crippen LogP contribution in [0.3, 0.4) is 0 Å². The van der Waals surface area contributed by atoms with E-state index in [1.165, 1.54) is 0 Å². The number of benzene rings is 1. The minimum Gasteiger partial charge on any atom is -0.480 e. The van der Waals surface area contributed by atoms with E-state index in [1.54, 1.807) is 18.0 Å². The third-order valence-electron chi connectivity index (χ3n) is 4.36. The lowest BCUT2D eigenvalue weighted by Gasteiger charge is -2.37. The molecule has 0 spiro atoms. The molecule has 1 aliphatic rings. The van der Waals surface area contributed by atoms with E-state index in [-0.39, 0.29) is 6.09 Å². The average molecular weight is 331 g/mol. The van der Waals surface area contributed by atoms with Crippen molar-refractivity contribution in [2.75, 3.05) is 32.8 Å². The van der Waals surface area contributed by atoms with E-state index in [4.69, 9.17) is 4.74 Å². The van der Waals surface area contributed by atoms with Gasteiger partial charge in [0.25, 0.3) is 0 Å². The van der Waals surface area contributed by atoms with Crippen molar-refractivity contribution in [2.45, 2.75) is 13.0 Å². The summed E-state index contributed by atoms with van der Waals surface area (Å²) in [6.45, 7) is 4.03. The smallest absolute Gasteiger partial charge is 0.409 e. The number of rotatable bonds is 4. The highest BCUT2D eigenvalue weighted by Gasteiger charge is 2.33. The topological polar surface area (TPSA) is 85.9 Å². The number of carboxylic acid groups (broad SMARTS) is 1. The second kappa shape index (κ2) is 6.92. The number of carbonyl (C=O) groups is 2. The molecule has 1 atom stereocenters. The summed E-state index contributed by atoms with van der Waals surface area (Å²) in [6.07, 6.45) is 1.43. The van der Waals surface area contributed by atoms with Gasteiger partial charge in [-0.3, -0.25) is 9.69 Å². The van der Waals surface area contributed by atoms with Crippen LogP contribution in [-0.2, 0) is 9.53 Å². The Bertz CT molecular complexity index is 734. The highest BCUT2D eigenvalue weighted by molar-refractivity contribution is 5.89. The van der Waals surface area contributed by atoms with Crippen molar-refractivity contribution < 1.29 is 19.4 Å². The molecule has 1 aromatic carbocycles. The van der Waals surface area contributed by atoms with Crippen LogP contribution in [0.25, 0.3) is 10.9 Å². The largest absolute Gasteiger partial charge is 0.480 e. The van der Waals surface area contributed by atoms with Gasteiger partial charge in [0.2, 0.25) is 0 Å². The van der Waals surface area contributed by atoms with Gasteiger partial charge in [0.1, 0.15) is 6.04 Å². The number of aliphatic carboxylic acids is 1. The van der Waals surface area contributed by atoms with Gasteiger partial charge in [0.05, 0.1) is 6.61 Å². The molecule has 1 saturated heterocycles. The number of aromatic amines is 1. The van der Waals surface area contributed by atoms with E-state index >= 15 is 0 Å². The van der Waals surface area contributed by atoms with Crippen LogP contribution in [0.2, 0.25) is 0 Å². The van der Waals surface area contributed by atoms with Crippen molar-refractivity contribution >= 4 is 23.0 Å². The number of amides is 1. The Kier molecular flexibility index (Phi) is 4.71. The zero-order valence-electron chi connectivity index (χ0n) is 13.6. The lowest BCUT2D eigenvalue weighted by molar-refractivity contribution is -0.144. The number of hydrogen-bond acceptors (Lipinski definition) is 4. The molecule has 3 rings (SSSR count). The number of fused-ring (bicyclic) bond motifs is 1. The predicted molar refractivity (Wildman–Crippen MR) is 88.8 cm³/mol. The number of para-hydroxylation sites is 1. The number of H-pyrrole nitrogens is 1. The first kappa shape index (κ1) is 16.3. The molecule has 2 heterocycles. The van der Waals surface area contributed by atoms with Gasteiger partial charge >= 0.3 is 12.1 Å². The zero-order valence-corrected chi connectivity index (χ0v) is 13.6. The quantitative estimate of drug-likeness (QED) is 0.896. The number of aromatic nitrogens is 1. The molecule has 0 bridgehead atoms. The van der Waals surface area contributed by atoms with Gasteiger partial charge < -0.3 is 19.7 Å². The monoisotopic (exact) mass is 331 g/mol. The summed E-state index contributed by atoms with van der Waals surface area (Å²) < 4.78 is 5.00. The Morgan fingerprint density at radius 1 is 1.25 bits per heavy atom. The van der Waals surface area contributed by atoms with E-state index < -0.39 is 12.0 Å². The number of ether oxygens (including phenoxy) is 1. The SMILES string of the molecule is CCOC(=O)N1CCN([C@H](C(=O)O)c2c[nH]c3ccccc23)CC1.